The minimum Gasteiger partial charge on any atom is -0.249 e. The Hall–Kier alpha value is -1.15. The molecule has 114 valence electrons. The van der Waals surface area contributed by atoms with Crippen LogP contribution in [0.2, 0.25) is 0 Å². The van der Waals surface area contributed by atoms with Gasteiger partial charge in [0.25, 0.3) is 0 Å². The first-order valence-electron chi connectivity index (χ1n) is 5.67. The first-order chi connectivity index (χ1) is 8.89. The van der Waals surface area contributed by atoms with Crippen LogP contribution < -0.4 is 4.72 Å². The van der Waals surface area contributed by atoms with Gasteiger partial charge in [-0.2, -0.15) is 13.2 Å². The largest absolute Gasteiger partial charge is 0.417 e. The molecule has 0 heterocycles. The van der Waals surface area contributed by atoms with Crippen molar-refractivity contribution in [1.82, 2.24) is 4.72 Å². The van der Waals surface area contributed by atoms with Gasteiger partial charge in [-0.3, -0.25) is 0 Å². The molecule has 0 aliphatic heterocycles. The monoisotopic (exact) mass is 313 g/mol. The highest BCUT2D eigenvalue weighted by Crippen LogP contribution is 2.35. The molecule has 0 unspecified atom stereocenters. The molecule has 1 aromatic carbocycles. The van der Waals surface area contributed by atoms with Crippen LogP contribution in [0.4, 0.5) is 17.6 Å². The van der Waals surface area contributed by atoms with Crippen molar-refractivity contribution < 1.29 is 26.0 Å². The summed E-state index contributed by atoms with van der Waals surface area (Å²) >= 11 is 0. The van der Waals surface area contributed by atoms with E-state index in [0.717, 1.165) is 12.1 Å². The maximum Gasteiger partial charge on any atom is 0.417 e. The van der Waals surface area contributed by atoms with Crippen LogP contribution in [0.3, 0.4) is 0 Å². The summed E-state index contributed by atoms with van der Waals surface area (Å²) in [5.74, 6) is 0. The number of rotatable bonds is 4. The van der Waals surface area contributed by atoms with Gasteiger partial charge in [-0.15, -0.1) is 0 Å². The number of hydrogen-bond donors (Lipinski definition) is 1. The van der Waals surface area contributed by atoms with Crippen molar-refractivity contribution in [3.05, 3.63) is 29.3 Å². The minimum absolute atomic E-state index is 0.279. The van der Waals surface area contributed by atoms with Gasteiger partial charge >= 0.3 is 6.18 Å². The second kappa shape index (κ2) is 5.33. The molecule has 0 fully saturated rings. The Bertz CT molecular complexity index is 594. The van der Waals surface area contributed by atoms with Gasteiger partial charge in [0.2, 0.25) is 10.0 Å². The molecule has 0 radical (unpaired) electrons. The molecule has 0 aromatic heterocycles. The first kappa shape index (κ1) is 16.9. The maximum absolute atomic E-state index is 12.9. The van der Waals surface area contributed by atoms with E-state index in [0.29, 0.717) is 0 Å². The van der Waals surface area contributed by atoms with Crippen molar-refractivity contribution in [3.63, 3.8) is 0 Å². The van der Waals surface area contributed by atoms with E-state index in [1.807, 2.05) is 4.72 Å². The highest BCUT2D eigenvalue weighted by atomic mass is 32.2. The number of nitrogens with one attached hydrogen (secondary N) is 1. The van der Waals surface area contributed by atoms with Gasteiger partial charge in [-0.25, -0.2) is 17.5 Å². The Morgan fingerprint density at radius 1 is 1.20 bits per heavy atom. The number of hydrogen-bond acceptors (Lipinski definition) is 2. The average Bonchev–Trinajstić information content (AvgIpc) is 2.26. The Morgan fingerprint density at radius 3 is 2.20 bits per heavy atom. The van der Waals surface area contributed by atoms with Crippen LogP contribution in [0.1, 0.15) is 25.0 Å². The van der Waals surface area contributed by atoms with Gasteiger partial charge in [0.05, 0.1) is 16.0 Å². The summed E-state index contributed by atoms with van der Waals surface area (Å²) in [7, 11) is -4.47. The molecule has 3 nitrogen and oxygen atoms in total. The highest BCUT2D eigenvalue weighted by molar-refractivity contribution is 7.89. The van der Waals surface area contributed by atoms with Crippen LogP contribution in [-0.2, 0) is 16.2 Å². The SMILES string of the molecule is Cc1ccc(S(=O)(=O)NC(C)(C)CF)c(C(F)(F)F)c1. The molecule has 1 N–H and O–H groups in total. The van der Waals surface area contributed by atoms with E-state index >= 15 is 0 Å². The zero-order valence-electron chi connectivity index (χ0n) is 11.2. The molecule has 0 atom stereocenters. The topological polar surface area (TPSA) is 46.2 Å². The summed E-state index contributed by atoms with van der Waals surface area (Å²) in [5, 5.41) is 0. The fourth-order valence-electron chi connectivity index (χ4n) is 1.55. The maximum atomic E-state index is 12.9. The number of halogens is 4. The van der Waals surface area contributed by atoms with E-state index in [4.69, 9.17) is 0 Å². The average molecular weight is 313 g/mol. The van der Waals surface area contributed by atoms with Crippen LogP contribution in [0.15, 0.2) is 23.1 Å². The van der Waals surface area contributed by atoms with Gasteiger partial charge in [0.1, 0.15) is 6.67 Å². The van der Waals surface area contributed by atoms with Crippen LogP contribution in [0, 0.1) is 6.92 Å². The van der Waals surface area contributed by atoms with Crippen molar-refractivity contribution in [2.45, 2.75) is 37.4 Å². The fourth-order valence-corrected chi connectivity index (χ4v) is 3.15. The molecular formula is C12H15F4NO2S. The Morgan fingerprint density at radius 2 is 1.75 bits per heavy atom. The lowest BCUT2D eigenvalue weighted by Crippen LogP contribution is -2.45. The fraction of sp³-hybridized carbons (Fsp3) is 0.500. The summed E-state index contributed by atoms with van der Waals surface area (Å²) in [5.41, 5.74) is -2.47. The number of benzene rings is 1. The molecule has 1 rings (SSSR count). The van der Waals surface area contributed by atoms with E-state index in [-0.39, 0.29) is 5.56 Å². The Balaban J connectivity index is 3.40. The summed E-state index contributed by atoms with van der Waals surface area (Å²) in [6.07, 6.45) is -4.81. The van der Waals surface area contributed by atoms with Crippen LogP contribution >= 0.6 is 0 Å². The lowest BCUT2D eigenvalue weighted by molar-refractivity contribution is -0.139. The number of sulfonamides is 1. The molecule has 20 heavy (non-hydrogen) atoms. The normalized spacial score (nSPS) is 13.6. The third-order valence-corrected chi connectivity index (χ3v) is 4.23. The molecule has 0 amide bonds. The van der Waals surface area contributed by atoms with Crippen LogP contribution in [0.25, 0.3) is 0 Å². The lowest BCUT2D eigenvalue weighted by atomic mass is 10.1. The third-order valence-electron chi connectivity index (χ3n) is 2.47. The van der Waals surface area contributed by atoms with Crippen LogP contribution in [0.5, 0.6) is 0 Å². The molecule has 0 saturated heterocycles. The number of alkyl halides is 4. The predicted molar refractivity (Wildman–Crippen MR) is 66.6 cm³/mol. The predicted octanol–water partition coefficient (Wildman–Crippen LogP) is 3.04. The van der Waals surface area contributed by atoms with Crippen molar-refractivity contribution >= 4 is 10.0 Å². The molecule has 0 bridgehead atoms. The molecule has 0 saturated carbocycles. The van der Waals surface area contributed by atoms with Gasteiger partial charge in [-0.1, -0.05) is 11.6 Å². The summed E-state index contributed by atoms with van der Waals surface area (Å²) < 4.78 is 77.3. The third kappa shape index (κ3) is 3.92. The Labute approximate surface area is 115 Å². The van der Waals surface area contributed by atoms with E-state index in [2.05, 4.69) is 0 Å². The van der Waals surface area contributed by atoms with E-state index < -0.39 is 38.9 Å². The Kier molecular flexibility index (Phi) is 4.50. The second-order valence-electron chi connectivity index (χ2n) is 5.12. The van der Waals surface area contributed by atoms with E-state index in [1.165, 1.54) is 26.8 Å². The molecular weight excluding hydrogens is 298 g/mol. The standard InChI is InChI=1S/C12H15F4NO2S/c1-8-4-5-10(9(6-8)12(14,15)16)20(18,19)17-11(2,3)7-13/h4-6,17H,7H2,1-3H3. The lowest BCUT2D eigenvalue weighted by Gasteiger charge is -2.23. The second-order valence-corrected chi connectivity index (χ2v) is 6.77. The molecule has 1 aromatic rings. The van der Waals surface area contributed by atoms with Crippen molar-refractivity contribution in [1.29, 1.82) is 0 Å². The van der Waals surface area contributed by atoms with Gasteiger partial charge in [-0.05, 0) is 32.9 Å². The smallest absolute Gasteiger partial charge is 0.249 e. The van der Waals surface area contributed by atoms with Crippen molar-refractivity contribution in [3.8, 4) is 0 Å². The molecule has 0 aliphatic carbocycles. The van der Waals surface area contributed by atoms with Gasteiger partial charge in [0, 0.05) is 0 Å². The number of aryl methyl sites for hydroxylation is 1. The minimum atomic E-state index is -4.81. The van der Waals surface area contributed by atoms with Gasteiger partial charge < -0.3 is 0 Å². The van der Waals surface area contributed by atoms with E-state index in [1.54, 1.807) is 0 Å². The van der Waals surface area contributed by atoms with Crippen molar-refractivity contribution in [2.75, 3.05) is 6.67 Å². The molecule has 0 spiro atoms. The zero-order valence-corrected chi connectivity index (χ0v) is 12.0. The molecule has 8 heteroatoms. The quantitative estimate of drug-likeness (QED) is 0.869. The zero-order chi connectivity index (χ0) is 15.8. The summed E-state index contributed by atoms with van der Waals surface area (Å²) in [6, 6.07) is 2.87. The van der Waals surface area contributed by atoms with Crippen LogP contribution in [-0.4, -0.2) is 20.6 Å². The van der Waals surface area contributed by atoms with Crippen molar-refractivity contribution in [2.24, 2.45) is 0 Å². The van der Waals surface area contributed by atoms with E-state index in [9.17, 15) is 26.0 Å². The summed E-state index contributed by atoms with van der Waals surface area (Å²) in [4.78, 5) is -0.905. The highest BCUT2D eigenvalue weighted by Gasteiger charge is 2.38. The van der Waals surface area contributed by atoms with Gasteiger partial charge in [0.15, 0.2) is 0 Å². The summed E-state index contributed by atoms with van der Waals surface area (Å²) in [6.45, 7) is 2.86. The first-order valence-corrected chi connectivity index (χ1v) is 7.15. The molecule has 0 aliphatic rings.